The number of alkyl halides is 11. The van der Waals surface area contributed by atoms with Crippen molar-refractivity contribution in [1.82, 2.24) is 0 Å². The van der Waals surface area contributed by atoms with Crippen molar-refractivity contribution in [3.63, 3.8) is 0 Å². The topological polar surface area (TPSA) is 78.9 Å². The Kier molecular flexibility index (Phi) is 8.05. The molecule has 4 atom stereocenters. The molecular formula is C19H15F11O6. The van der Waals surface area contributed by atoms with E-state index in [0.717, 1.165) is 0 Å². The number of halogens is 11. The van der Waals surface area contributed by atoms with Crippen molar-refractivity contribution >= 4 is 17.9 Å². The molecule has 0 spiro atoms. The van der Waals surface area contributed by atoms with Gasteiger partial charge in [-0.1, -0.05) is 19.7 Å². The van der Waals surface area contributed by atoms with Gasteiger partial charge in [-0.25, -0.2) is 27.6 Å². The molecule has 0 heterocycles. The Bertz CT molecular complexity index is 956. The Morgan fingerprint density at radius 2 is 0.972 bits per heavy atom. The van der Waals surface area contributed by atoms with Gasteiger partial charge in [-0.15, -0.1) is 0 Å². The van der Waals surface area contributed by atoms with Gasteiger partial charge < -0.3 is 14.2 Å². The smallest absolute Gasteiger partial charge is 0.364 e. The van der Waals surface area contributed by atoms with Crippen LogP contribution < -0.4 is 0 Å². The molecule has 204 valence electrons. The Morgan fingerprint density at radius 3 is 1.31 bits per heavy atom. The monoisotopic (exact) mass is 548 g/mol. The van der Waals surface area contributed by atoms with Crippen molar-refractivity contribution in [1.29, 1.82) is 0 Å². The van der Waals surface area contributed by atoms with Gasteiger partial charge in [-0.3, -0.25) is 0 Å². The first-order chi connectivity index (χ1) is 16.2. The van der Waals surface area contributed by atoms with E-state index in [2.05, 4.69) is 33.9 Å². The first kappa shape index (κ1) is 30.9. The van der Waals surface area contributed by atoms with Crippen LogP contribution in [0.3, 0.4) is 0 Å². The summed E-state index contributed by atoms with van der Waals surface area (Å²) in [5, 5.41) is 0. The van der Waals surface area contributed by atoms with Crippen LogP contribution in [0.4, 0.5) is 48.3 Å². The zero-order valence-corrected chi connectivity index (χ0v) is 17.6. The molecule has 0 saturated heterocycles. The maximum absolute atomic E-state index is 15.6. The van der Waals surface area contributed by atoms with Crippen LogP contribution in [0.25, 0.3) is 0 Å². The summed E-state index contributed by atoms with van der Waals surface area (Å²) < 4.78 is 175. The number of carbonyl (C=O) groups is 3. The lowest BCUT2D eigenvalue weighted by molar-refractivity contribution is -0.448. The summed E-state index contributed by atoms with van der Waals surface area (Å²) in [6, 6.07) is 0. The molecule has 1 fully saturated rings. The fourth-order valence-electron chi connectivity index (χ4n) is 3.13. The fraction of sp³-hybridized carbons (Fsp3) is 0.526. The Balaban J connectivity index is 4.37. The molecule has 0 N–H and O–H groups in total. The predicted octanol–water partition coefficient (Wildman–Crippen LogP) is 4.20. The van der Waals surface area contributed by atoms with Gasteiger partial charge in [0.05, 0.1) is 0 Å². The van der Waals surface area contributed by atoms with Gasteiger partial charge in [0.1, 0.15) is 19.8 Å². The summed E-state index contributed by atoms with van der Waals surface area (Å²) in [4.78, 5) is 34.3. The average molecular weight is 548 g/mol. The second-order valence-electron chi connectivity index (χ2n) is 7.13. The van der Waals surface area contributed by atoms with Crippen LogP contribution >= 0.6 is 0 Å². The SMILES string of the molecule is C=CC(=O)OC1(F)CC(F)(OC(=O)C=C)C(F)(F)C(CF)(OC(=O)C=C)C(F)(F)C(F)(CF)C1(F)F. The molecule has 0 aromatic carbocycles. The summed E-state index contributed by atoms with van der Waals surface area (Å²) in [7, 11) is 0. The van der Waals surface area contributed by atoms with Crippen molar-refractivity contribution in [2.75, 3.05) is 13.3 Å². The third kappa shape index (κ3) is 3.91. The molecule has 0 aromatic rings. The molecule has 1 aliphatic carbocycles. The van der Waals surface area contributed by atoms with Gasteiger partial charge in [0.25, 0.3) is 11.3 Å². The molecule has 17 heteroatoms. The van der Waals surface area contributed by atoms with Crippen molar-refractivity contribution < 1.29 is 76.9 Å². The Morgan fingerprint density at radius 1 is 0.611 bits per heavy atom. The third-order valence-electron chi connectivity index (χ3n) is 5.07. The van der Waals surface area contributed by atoms with Crippen LogP contribution in [0.1, 0.15) is 6.42 Å². The van der Waals surface area contributed by atoms with E-state index in [1.54, 1.807) is 0 Å². The standard InChI is InChI=1S/C19H15F11O6/c1-4-10(31)34-14(9-21)17(25,26)13(22,8-20)18(27,28)15(23,35-11(32)5-2)7-16(24,19(14,29)30)36-12(33)6-3/h4-6H,1-3,7-9H2. The van der Waals surface area contributed by atoms with Gasteiger partial charge in [-0.05, 0) is 0 Å². The van der Waals surface area contributed by atoms with E-state index in [4.69, 9.17) is 0 Å². The molecule has 0 aliphatic heterocycles. The number of rotatable bonds is 8. The van der Waals surface area contributed by atoms with Crippen LogP contribution in [0.2, 0.25) is 0 Å². The highest BCUT2D eigenvalue weighted by atomic mass is 19.3. The Labute approximate surface area is 194 Å². The van der Waals surface area contributed by atoms with Crippen molar-refractivity contribution in [3.05, 3.63) is 38.0 Å². The lowest BCUT2D eigenvalue weighted by Gasteiger charge is -2.55. The zero-order chi connectivity index (χ0) is 28.6. The minimum Gasteiger partial charge on any atom is -0.440 e. The number of hydrogen-bond acceptors (Lipinski definition) is 6. The van der Waals surface area contributed by atoms with Crippen LogP contribution in [0, 0.1) is 0 Å². The molecule has 0 aromatic heterocycles. The first-order valence-electron chi connectivity index (χ1n) is 9.08. The quantitative estimate of drug-likeness (QED) is 0.196. The maximum atomic E-state index is 15.6. The highest BCUT2D eigenvalue weighted by Crippen LogP contribution is 2.65. The van der Waals surface area contributed by atoms with E-state index >= 15 is 39.5 Å². The molecule has 0 bridgehead atoms. The second-order valence-corrected chi connectivity index (χ2v) is 7.13. The highest BCUT2D eigenvalue weighted by Gasteiger charge is 2.95. The predicted molar refractivity (Wildman–Crippen MR) is 94.5 cm³/mol. The molecule has 1 saturated carbocycles. The lowest BCUT2D eigenvalue weighted by Crippen LogP contribution is -2.84. The summed E-state index contributed by atoms with van der Waals surface area (Å²) in [6.45, 7) is 0.244. The number of carbonyl (C=O) groups excluding carboxylic acids is 3. The molecule has 0 amide bonds. The second kappa shape index (κ2) is 9.38. The van der Waals surface area contributed by atoms with Gasteiger partial charge in [0.2, 0.25) is 0 Å². The highest BCUT2D eigenvalue weighted by molar-refractivity contribution is 5.83. The molecule has 1 rings (SSSR count). The third-order valence-corrected chi connectivity index (χ3v) is 5.07. The number of ether oxygens (including phenoxy) is 3. The largest absolute Gasteiger partial charge is 0.440 e. The van der Waals surface area contributed by atoms with Crippen LogP contribution in [-0.4, -0.2) is 72.0 Å². The summed E-state index contributed by atoms with van der Waals surface area (Å²) >= 11 is 0. The average Bonchev–Trinajstić information content (AvgIpc) is 2.79. The summed E-state index contributed by atoms with van der Waals surface area (Å²) in [5.41, 5.74) is -12.7. The van der Waals surface area contributed by atoms with E-state index in [1.807, 2.05) is 0 Å². The normalized spacial score (nSPS) is 34.8. The van der Waals surface area contributed by atoms with Crippen molar-refractivity contribution in [3.8, 4) is 0 Å². The molecule has 1 aliphatic rings. The van der Waals surface area contributed by atoms with E-state index in [-0.39, 0.29) is 18.2 Å². The van der Waals surface area contributed by atoms with Crippen molar-refractivity contribution in [2.45, 2.75) is 47.2 Å². The summed E-state index contributed by atoms with van der Waals surface area (Å²) in [6.07, 6.45) is -4.24. The number of esters is 3. The minimum atomic E-state index is -7.12. The van der Waals surface area contributed by atoms with Crippen LogP contribution in [0.5, 0.6) is 0 Å². The van der Waals surface area contributed by atoms with Gasteiger partial charge >= 0.3 is 47.4 Å². The van der Waals surface area contributed by atoms with Crippen LogP contribution in [0.15, 0.2) is 38.0 Å². The van der Waals surface area contributed by atoms with E-state index < -0.39 is 78.4 Å². The summed E-state index contributed by atoms with van der Waals surface area (Å²) in [5.74, 6) is -40.1. The molecule has 6 nitrogen and oxygen atoms in total. The molecule has 36 heavy (non-hydrogen) atoms. The van der Waals surface area contributed by atoms with E-state index in [1.165, 1.54) is 0 Å². The van der Waals surface area contributed by atoms with Gasteiger partial charge in [-0.2, -0.15) is 35.1 Å². The first-order valence-corrected chi connectivity index (χ1v) is 9.08. The van der Waals surface area contributed by atoms with Crippen molar-refractivity contribution in [2.24, 2.45) is 0 Å². The molecule has 0 radical (unpaired) electrons. The van der Waals surface area contributed by atoms with Gasteiger partial charge in [0.15, 0.2) is 0 Å². The molecular weight excluding hydrogens is 533 g/mol. The number of hydrogen-bond donors (Lipinski definition) is 0. The zero-order valence-electron chi connectivity index (χ0n) is 17.6. The molecule has 4 unspecified atom stereocenters. The van der Waals surface area contributed by atoms with Gasteiger partial charge in [0, 0.05) is 18.2 Å². The van der Waals surface area contributed by atoms with Crippen LogP contribution in [-0.2, 0) is 28.6 Å². The lowest BCUT2D eigenvalue weighted by atomic mass is 9.69. The Hall–Kier alpha value is -3.14. The van der Waals surface area contributed by atoms with E-state index in [9.17, 15) is 23.2 Å². The van der Waals surface area contributed by atoms with E-state index in [0.29, 0.717) is 0 Å². The fourth-order valence-corrected chi connectivity index (χ4v) is 3.13. The minimum absolute atomic E-state index is 0.185. The maximum Gasteiger partial charge on any atom is 0.364 e.